The van der Waals surface area contributed by atoms with E-state index in [0.717, 1.165) is 51.6 Å². The van der Waals surface area contributed by atoms with Crippen LogP contribution in [0.15, 0.2) is 0 Å². The number of hydrogen-bond donors (Lipinski definition) is 2. The normalized spacial score (nSPS) is 16.8. The van der Waals surface area contributed by atoms with E-state index in [1.165, 1.54) is 51.4 Å². The number of unbranched alkanes of at least 4 members (excludes halogenated alkanes) is 9. The molecule has 0 aromatic heterocycles. The quantitative estimate of drug-likeness (QED) is 0.445. The van der Waals surface area contributed by atoms with Crippen molar-refractivity contribution in [1.82, 2.24) is 10.6 Å². The van der Waals surface area contributed by atoms with E-state index in [9.17, 15) is 9.59 Å². The second-order valence-corrected chi connectivity index (χ2v) is 7.67. The van der Waals surface area contributed by atoms with Gasteiger partial charge in [0.05, 0.1) is 0 Å². The van der Waals surface area contributed by atoms with Gasteiger partial charge in [-0.3, -0.25) is 9.59 Å². The Morgan fingerprint density at radius 2 is 0.833 bits per heavy atom. The second kappa shape index (κ2) is 11.5. The van der Waals surface area contributed by atoms with Gasteiger partial charge in [0.2, 0.25) is 11.8 Å². The summed E-state index contributed by atoms with van der Waals surface area (Å²) in [5.41, 5.74) is 0. The molecule has 0 bridgehead atoms. The highest BCUT2D eigenvalue weighted by Crippen LogP contribution is 2.29. The third kappa shape index (κ3) is 9.29. The molecule has 2 aliphatic rings. The molecule has 0 aromatic rings. The molecule has 24 heavy (non-hydrogen) atoms. The summed E-state index contributed by atoms with van der Waals surface area (Å²) in [7, 11) is 0. The molecule has 0 atom stereocenters. The van der Waals surface area contributed by atoms with Crippen molar-refractivity contribution in [2.75, 3.05) is 13.1 Å². The minimum atomic E-state index is 0.280. The minimum Gasteiger partial charge on any atom is -0.356 e. The Kier molecular flexibility index (Phi) is 9.22. The number of nitrogens with one attached hydrogen (secondary N) is 2. The molecule has 2 amide bonds. The summed E-state index contributed by atoms with van der Waals surface area (Å²) in [5.74, 6) is 1.25. The van der Waals surface area contributed by atoms with Crippen LogP contribution >= 0.6 is 0 Å². The molecule has 0 aromatic carbocycles. The molecule has 0 spiro atoms. The van der Waals surface area contributed by atoms with Gasteiger partial charge in [-0.15, -0.1) is 0 Å². The van der Waals surface area contributed by atoms with Crippen LogP contribution in [0.3, 0.4) is 0 Å². The highest BCUT2D eigenvalue weighted by Gasteiger charge is 2.29. The van der Waals surface area contributed by atoms with E-state index in [1.807, 2.05) is 0 Å². The van der Waals surface area contributed by atoms with Gasteiger partial charge in [-0.25, -0.2) is 0 Å². The smallest absolute Gasteiger partial charge is 0.223 e. The van der Waals surface area contributed by atoms with Gasteiger partial charge in [0.15, 0.2) is 0 Å². The van der Waals surface area contributed by atoms with Gasteiger partial charge >= 0.3 is 0 Å². The molecule has 2 rings (SSSR count). The average molecular weight is 337 g/mol. The number of amides is 2. The van der Waals surface area contributed by atoms with Gasteiger partial charge in [-0.1, -0.05) is 51.4 Å². The molecular weight excluding hydrogens is 300 g/mol. The first-order valence-corrected chi connectivity index (χ1v) is 10.3. The molecule has 2 aliphatic carbocycles. The highest BCUT2D eigenvalue weighted by molar-refractivity contribution is 5.81. The summed E-state index contributed by atoms with van der Waals surface area (Å²) in [6.45, 7) is 1.74. The molecule has 4 heteroatoms. The number of carbonyl (C=O) groups is 2. The summed E-state index contributed by atoms with van der Waals surface area (Å²) >= 11 is 0. The zero-order valence-corrected chi connectivity index (χ0v) is 15.3. The predicted molar refractivity (Wildman–Crippen MR) is 97.6 cm³/mol. The topological polar surface area (TPSA) is 58.2 Å². The fourth-order valence-corrected chi connectivity index (χ4v) is 3.07. The van der Waals surface area contributed by atoms with Gasteiger partial charge in [0.25, 0.3) is 0 Å². The van der Waals surface area contributed by atoms with E-state index in [2.05, 4.69) is 10.6 Å². The Morgan fingerprint density at radius 1 is 0.542 bits per heavy atom. The Balaban J connectivity index is 1.22. The maximum atomic E-state index is 11.4. The van der Waals surface area contributed by atoms with E-state index in [1.54, 1.807) is 0 Å². The summed E-state index contributed by atoms with van der Waals surface area (Å²) in [5, 5.41) is 6.06. The fourth-order valence-electron chi connectivity index (χ4n) is 3.07. The van der Waals surface area contributed by atoms with Crippen molar-refractivity contribution in [2.45, 2.75) is 89.9 Å². The number of carbonyl (C=O) groups excluding carboxylic acids is 2. The van der Waals surface area contributed by atoms with Gasteiger partial charge < -0.3 is 10.6 Å². The van der Waals surface area contributed by atoms with Crippen LogP contribution in [0.25, 0.3) is 0 Å². The Bertz CT molecular complexity index is 340. The predicted octanol–water partition coefficient (Wildman–Crippen LogP) is 3.94. The monoisotopic (exact) mass is 336 g/mol. The van der Waals surface area contributed by atoms with Crippen molar-refractivity contribution in [1.29, 1.82) is 0 Å². The zero-order chi connectivity index (χ0) is 17.0. The van der Waals surface area contributed by atoms with Crippen molar-refractivity contribution in [3.05, 3.63) is 0 Å². The lowest BCUT2D eigenvalue weighted by Crippen LogP contribution is -2.25. The van der Waals surface area contributed by atoms with Crippen LogP contribution in [-0.4, -0.2) is 24.9 Å². The van der Waals surface area contributed by atoms with Crippen LogP contribution in [0.4, 0.5) is 0 Å². The first-order valence-electron chi connectivity index (χ1n) is 10.3. The van der Waals surface area contributed by atoms with Crippen molar-refractivity contribution in [3.63, 3.8) is 0 Å². The molecule has 2 saturated carbocycles. The Labute approximate surface area is 147 Å². The molecule has 0 aliphatic heterocycles. The summed E-state index contributed by atoms with van der Waals surface area (Å²) in [6, 6.07) is 0. The third-order valence-corrected chi connectivity index (χ3v) is 5.10. The highest BCUT2D eigenvalue weighted by atomic mass is 16.2. The van der Waals surface area contributed by atoms with Crippen LogP contribution < -0.4 is 10.6 Å². The molecule has 138 valence electrons. The van der Waals surface area contributed by atoms with Crippen LogP contribution in [-0.2, 0) is 9.59 Å². The summed E-state index contributed by atoms with van der Waals surface area (Å²) in [6.07, 6.45) is 17.1. The van der Waals surface area contributed by atoms with Gasteiger partial charge in [-0.2, -0.15) is 0 Å². The maximum Gasteiger partial charge on any atom is 0.223 e. The van der Waals surface area contributed by atoms with E-state index < -0.39 is 0 Å². The van der Waals surface area contributed by atoms with E-state index in [0.29, 0.717) is 11.8 Å². The van der Waals surface area contributed by atoms with Crippen LogP contribution in [0, 0.1) is 11.8 Å². The summed E-state index contributed by atoms with van der Waals surface area (Å²) < 4.78 is 0. The first-order chi connectivity index (χ1) is 11.8. The Hall–Kier alpha value is -1.06. The van der Waals surface area contributed by atoms with E-state index >= 15 is 0 Å². The molecule has 0 saturated heterocycles. The molecule has 0 radical (unpaired) electrons. The van der Waals surface area contributed by atoms with Crippen molar-refractivity contribution in [3.8, 4) is 0 Å². The zero-order valence-electron chi connectivity index (χ0n) is 15.3. The van der Waals surface area contributed by atoms with E-state index in [4.69, 9.17) is 0 Å². The van der Waals surface area contributed by atoms with Crippen LogP contribution in [0.1, 0.15) is 89.9 Å². The van der Waals surface area contributed by atoms with Crippen molar-refractivity contribution in [2.24, 2.45) is 11.8 Å². The largest absolute Gasteiger partial charge is 0.356 e. The lowest BCUT2D eigenvalue weighted by molar-refractivity contribution is -0.123. The van der Waals surface area contributed by atoms with E-state index in [-0.39, 0.29) is 11.8 Å². The van der Waals surface area contributed by atoms with Crippen molar-refractivity contribution < 1.29 is 9.59 Å². The van der Waals surface area contributed by atoms with Crippen LogP contribution in [0.5, 0.6) is 0 Å². The second-order valence-electron chi connectivity index (χ2n) is 7.67. The minimum absolute atomic E-state index is 0.280. The van der Waals surface area contributed by atoms with Gasteiger partial charge in [0.1, 0.15) is 0 Å². The molecular formula is C20H36N2O2. The molecule has 4 nitrogen and oxygen atoms in total. The molecule has 2 N–H and O–H groups in total. The standard InChI is InChI=1S/C20H36N2O2/c23-19(17-11-12-17)21-15-9-7-5-3-1-2-4-6-8-10-16-22-20(24)18-13-14-18/h17-18H,1-16H2,(H,21,23)(H,22,24). The molecule has 0 heterocycles. The lowest BCUT2D eigenvalue weighted by Gasteiger charge is -2.05. The molecule has 2 fully saturated rings. The number of hydrogen-bond acceptors (Lipinski definition) is 2. The average Bonchev–Trinajstić information content (AvgIpc) is 3.46. The Morgan fingerprint density at radius 3 is 1.12 bits per heavy atom. The van der Waals surface area contributed by atoms with Gasteiger partial charge in [-0.05, 0) is 38.5 Å². The van der Waals surface area contributed by atoms with Crippen molar-refractivity contribution >= 4 is 11.8 Å². The SMILES string of the molecule is O=C(NCCCCCCCCCCCCNC(=O)C1CC1)C1CC1. The summed E-state index contributed by atoms with van der Waals surface area (Å²) in [4.78, 5) is 22.9. The maximum absolute atomic E-state index is 11.4. The van der Waals surface area contributed by atoms with Gasteiger partial charge in [0, 0.05) is 24.9 Å². The van der Waals surface area contributed by atoms with Crippen LogP contribution in [0.2, 0.25) is 0 Å². The number of rotatable bonds is 15. The third-order valence-electron chi connectivity index (χ3n) is 5.10. The first kappa shape index (κ1) is 19.3. The lowest BCUT2D eigenvalue weighted by atomic mass is 10.1. The molecule has 0 unspecified atom stereocenters. The fraction of sp³-hybridized carbons (Fsp3) is 0.900.